The molecule has 4 fully saturated rings. The van der Waals surface area contributed by atoms with E-state index in [1.807, 2.05) is 33.8 Å². The molecule has 424 valence electrons. The Hall–Kier alpha value is -6.63. The Morgan fingerprint density at radius 2 is 1.61 bits per heavy atom. The zero-order valence-electron chi connectivity index (χ0n) is 45.6. The smallest absolute Gasteiger partial charge is 0.318 e. The number of ether oxygens (including phenoxy) is 2. The van der Waals surface area contributed by atoms with Gasteiger partial charge in [-0.05, 0) is 111 Å². The van der Waals surface area contributed by atoms with E-state index in [-0.39, 0.29) is 78.0 Å². The van der Waals surface area contributed by atoms with Crippen molar-refractivity contribution in [2.24, 2.45) is 5.41 Å². The fraction of sp³-hybridized carbons (Fsp3) is 0.458. The Morgan fingerprint density at radius 3 is 2.27 bits per heavy atom. The first kappa shape index (κ1) is 58.0. The Morgan fingerprint density at radius 1 is 0.912 bits per heavy atom. The number of nitriles is 1. The van der Waals surface area contributed by atoms with E-state index in [0.717, 1.165) is 68.9 Å². The van der Waals surface area contributed by atoms with Crippen LogP contribution in [0.5, 0.6) is 6.01 Å². The number of methoxy groups -OCH3 is 1. The largest absolute Gasteiger partial charge is 0.467 e. The van der Waals surface area contributed by atoms with Crippen LogP contribution in [-0.2, 0) is 19.1 Å². The highest BCUT2D eigenvalue weighted by Gasteiger charge is 2.42. The molecule has 4 saturated heterocycles. The molecule has 80 heavy (non-hydrogen) atoms. The van der Waals surface area contributed by atoms with Crippen LogP contribution in [0.2, 0.25) is 5.02 Å². The predicted molar refractivity (Wildman–Crippen MR) is 303 cm³/mol. The molecule has 5 N–H and O–H groups in total. The SMILES string of the molecule is CC(NC(=O)C1CCCN1C(=O)[C@@H](NC(=O)CCOCCCN1CCCC1)C(C)(C)C)c1ccc(-c2c(F)cccc2F)cc1.COc1nc(N2CC3CCC(C2)N3)c2cc(Cl)c(-c3ccc(F)c4sc(N)c(C#N)c34)c(F)c2n1. The Balaban J connectivity index is 0.000000199. The minimum absolute atomic E-state index is 0.0190. The monoisotopic (exact) mass is 1140 g/mol. The second-order valence-corrected chi connectivity index (χ2v) is 23.5. The van der Waals surface area contributed by atoms with Crippen LogP contribution in [0.3, 0.4) is 0 Å². The summed E-state index contributed by atoms with van der Waals surface area (Å²) in [6.45, 7) is 13.6. The molecule has 2 aromatic heterocycles. The number of likely N-dealkylation sites (tertiary alicyclic amines) is 2. The Bertz CT molecular complexity index is 3280. The fourth-order valence-corrected chi connectivity index (χ4v) is 12.6. The van der Waals surface area contributed by atoms with Crippen molar-refractivity contribution < 1.29 is 41.4 Å². The van der Waals surface area contributed by atoms with Gasteiger partial charge in [0.25, 0.3) is 0 Å². The maximum Gasteiger partial charge on any atom is 0.318 e. The van der Waals surface area contributed by atoms with Crippen LogP contribution >= 0.6 is 22.9 Å². The highest BCUT2D eigenvalue weighted by Crippen LogP contribution is 2.46. The number of nitrogens with two attached hydrogens (primary N) is 1. The summed E-state index contributed by atoms with van der Waals surface area (Å²) >= 11 is 7.62. The van der Waals surface area contributed by atoms with Crippen molar-refractivity contribution in [2.75, 3.05) is 70.2 Å². The number of benzene rings is 4. The molecule has 4 aromatic carbocycles. The topological polar surface area (TPSA) is 191 Å². The molecule has 5 atom stereocenters. The first-order valence-electron chi connectivity index (χ1n) is 27.2. The average molecular weight is 1140 g/mol. The molecule has 6 heterocycles. The van der Waals surface area contributed by atoms with Gasteiger partial charge in [-0.25, -0.2) is 17.6 Å². The molecule has 0 saturated carbocycles. The van der Waals surface area contributed by atoms with Crippen molar-refractivity contribution in [3.8, 4) is 34.3 Å². The molecule has 0 spiro atoms. The maximum atomic E-state index is 16.3. The number of fused-ring (bicyclic) bond motifs is 4. The number of anilines is 2. The number of halogens is 5. The molecule has 4 aliphatic heterocycles. The molecule has 21 heteroatoms. The Kier molecular flexibility index (Phi) is 18.2. The van der Waals surface area contributed by atoms with E-state index >= 15 is 4.39 Å². The molecule has 2 bridgehead atoms. The summed E-state index contributed by atoms with van der Waals surface area (Å²) in [5, 5.41) is 20.1. The maximum absolute atomic E-state index is 16.3. The molecule has 0 aliphatic carbocycles. The normalized spacial score (nSPS) is 18.9. The van der Waals surface area contributed by atoms with Gasteiger partial charge in [0, 0.05) is 67.6 Å². The van der Waals surface area contributed by atoms with Crippen molar-refractivity contribution in [3.05, 3.63) is 100 Å². The molecule has 0 radical (unpaired) electrons. The molecule has 4 aliphatic rings. The van der Waals surface area contributed by atoms with Crippen molar-refractivity contribution >= 4 is 72.5 Å². The van der Waals surface area contributed by atoms with E-state index in [2.05, 4.69) is 35.7 Å². The molecular weight excluding hydrogens is 1070 g/mol. The number of rotatable bonds is 16. The lowest BCUT2D eigenvalue weighted by Crippen LogP contribution is -2.57. The summed E-state index contributed by atoms with van der Waals surface area (Å²) in [4.78, 5) is 55.0. The number of aromatic nitrogens is 2. The van der Waals surface area contributed by atoms with E-state index in [9.17, 15) is 32.8 Å². The van der Waals surface area contributed by atoms with E-state index in [1.165, 1.54) is 50.3 Å². The van der Waals surface area contributed by atoms with Crippen molar-refractivity contribution in [1.82, 2.24) is 35.7 Å². The van der Waals surface area contributed by atoms with Gasteiger partial charge in [-0.2, -0.15) is 15.2 Å². The first-order chi connectivity index (χ1) is 38.3. The number of piperazine rings is 1. The summed E-state index contributed by atoms with van der Waals surface area (Å²) in [5.41, 5.74) is 6.89. The van der Waals surface area contributed by atoms with Gasteiger partial charge >= 0.3 is 6.01 Å². The van der Waals surface area contributed by atoms with E-state index in [4.69, 9.17) is 26.8 Å². The molecule has 15 nitrogen and oxygen atoms in total. The number of nitrogens with zero attached hydrogens (tertiary/aromatic N) is 6. The number of nitrogens with one attached hydrogen (secondary N) is 3. The minimum atomic E-state index is -0.794. The zero-order chi connectivity index (χ0) is 57.0. The van der Waals surface area contributed by atoms with Gasteiger partial charge in [-0.1, -0.05) is 68.8 Å². The second-order valence-electron chi connectivity index (χ2n) is 22.0. The van der Waals surface area contributed by atoms with Crippen molar-refractivity contribution in [1.29, 1.82) is 5.26 Å². The van der Waals surface area contributed by atoms with Gasteiger partial charge < -0.3 is 45.9 Å². The number of carbonyl (C=O) groups is 3. The van der Waals surface area contributed by atoms with Gasteiger partial charge in [0.2, 0.25) is 17.7 Å². The summed E-state index contributed by atoms with van der Waals surface area (Å²) in [5.74, 6) is -2.78. The van der Waals surface area contributed by atoms with Crippen LogP contribution in [0.25, 0.3) is 43.2 Å². The molecule has 6 aromatic rings. The van der Waals surface area contributed by atoms with E-state index < -0.39 is 46.8 Å². The number of hydrogen-bond donors (Lipinski definition) is 4. The van der Waals surface area contributed by atoms with Crippen molar-refractivity contribution in [3.63, 3.8) is 0 Å². The summed E-state index contributed by atoms with van der Waals surface area (Å²) < 4.78 is 70.4. The second kappa shape index (κ2) is 25.0. The lowest BCUT2D eigenvalue weighted by Gasteiger charge is -2.35. The lowest BCUT2D eigenvalue weighted by atomic mass is 9.85. The highest BCUT2D eigenvalue weighted by molar-refractivity contribution is 7.23. The predicted octanol–water partition coefficient (Wildman–Crippen LogP) is 10.1. The van der Waals surface area contributed by atoms with Crippen LogP contribution in [-0.4, -0.2) is 121 Å². The van der Waals surface area contributed by atoms with Crippen LogP contribution in [0.1, 0.15) is 96.2 Å². The number of hydrogen-bond acceptors (Lipinski definition) is 13. The zero-order valence-corrected chi connectivity index (χ0v) is 47.1. The first-order valence-corrected chi connectivity index (χ1v) is 28.4. The van der Waals surface area contributed by atoms with Crippen molar-refractivity contribution in [2.45, 2.75) is 109 Å². The highest BCUT2D eigenvalue weighted by atomic mass is 35.5. The quantitative estimate of drug-likeness (QED) is 0.0531. The van der Waals surface area contributed by atoms with Crippen LogP contribution in [0, 0.1) is 40.0 Å². The molecule has 10 rings (SSSR count). The summed E-state index contributed by atoms with van der Waals surface area (Å²) in [6.07, 6.45) is 6.96. The average Bonchev–Trinajstić information content (AvgIpc) is 4.42. The molecular formula is C59H67ClF4N10O5S. The number of thiophene rings is 1. The Labute approximate surface area is 472 Å². The van der Waals surface area contributed by atoms with Gasteiger partial charge in [0.05, 0.1) is 40.6 Å². The fourth-order valence-electron chi connectivity index (χ4n) is 11.3. The summed E-state index contributed by atoms with van der Waals surface area (Å²) in [6, 6.07) is 15.6. The van der Waals surface area contributed by atoms with Crippen LogP contribution in [0.4, 0.5) is 28.4 Å². The van der Waals surface area contributed by atoms with Gasteiger partial charge in [0.15, 0.2) is 5.82 Å². The van der Waals surface area contributed by atoms with Crippen LogP contribution in [0.15, 0.2) is 60.7 Å². The van der Waals surface area contributed by atoms with E-state index in [1.54, 1.807) is 35.2 Å². The number of carbonyl (C=O) groups excluding carboxylic acids is 3. The number of amides is 3. The van der Waals surface area contributed by atoms with E-state index in [0.29, 0.717) is 61.5 Å². The third kappa shape index (κ3) is 12.6. The summed E-state index contributed by atoms with van der Waals surface area (Å²) in [7, 11) is 1.43. The lowest BCUT2D eigenvalue weighted by molar-refractivity contribution is -0.144. The minimum Gasteiger partial charge on any atom is -0.467 e. The van der Waals surface area contributed by atoms with Gasteiger partial charge in [-0.3, -0.25) is 14.4 Å². The van der Waals surface area contributed by atoms with Gasteiger partial charge in [-0.15, -0.1) is 11.3 Å². The molecule has 3 amide bonds. The molecule has 4 unspecified atom stereocenters. The number of nitrogen functional groups attached to an aromatic ring is 1. The van der Waals surface area contributed by atoms with Gasteiger partial charge in [0.1, 0.15) is 51.9 Å². The standard InChI is InChI=1S/C35H48F2N4O4.C24H19ClF2N6OS/c1-24(25-13-15-26(16-14-25)31-27(36)10-7-11-28(31)37)38-33(43)29-12-8-21-41(29)34(44)32(35(2,3)4)39-30(42)17-23-45-22-9-20-40-18-5-6-19-40;1-34-24-31-20-13(23(32-24)33-8-10-2-3-11(9-33)30-10)6-15(25)18(19(20)27)12-4-5-16(26)21-17(12)14(7-28)22(29)35-21/h7,10-11,13-16,24,29,32H,5-6,8-9,12,17-23H2,1-4H3,(H,38,43)(H,39,42);4-6,10-11,30H,2-3,8-9,29H2,1H3/t24?,29?,32-;/m1./s1. The third-order valence-corrected chi connectivity index (χ3v) is 16.8. The third-order valence-electron chi connectivity index (χ3n) is 15.5. The van der Waals surface area contributed by atoms with Crippen LogP contribution < -0.4 is 31.3 Å².